The van der Waals surface area contributed by atoms with Crippen molar-refractivity contribution in [3.8, 4) is 11.5 Å². The minimum Gasteiger partial charge on any atom is -0.497 e. The summed E-state index contributed by atoms with van der Waals surface area (Å²) in [6, 6.07) is 6.57. The van der Waals surface area contributed by atoms with Gasteiger partial charge in [0.25, 0.3) is 0 Å². The van der Waals surface area contributed by atoms with Crippen LogP contribution in [-0.2, 0) is 0 Å². The van der Waals surface area contributed by atoms with E-state index in [9.17, 15) is 0 Å². The lowest BCUT2D eigenvalue weighted by Gasteiger charge is -2.23. The zero-order valence-corrected chi connectivity index (χ0v) is 11.9. The molecule has 4 heteroatoms. The molecule has 1 aromatic carbocycles. The molecule has 0 aliphatic carbocycles. The third-order valence-electron chi connectivity index (χ3n) is 3.22. The topological polar surface area (TPSA) is 30.5 Å². The highest BCUT2D eigenvalue weighted by atomic mass is 32.2. The van der Waals surface area contributed by atoms with Gasteiger partial charge >= 0.3 is 0 Å². The molecule has 1 unspecified atom stereocenters. The molecular formula is C14H21NO2S. The first kappa shape index (κ1) is 13.6. The zero-order valence-electron chi connectivity index (χ0n) is 11.1. The van der Waals surface area contributed by atoms with Crippen LogP contribution in [0, 0.1) is 0 Å². The summed E-state index contributed by atoms with van der Waals surface area (Å²) in [4.78, 5) is 1.16. The fourth-order valence-corrected chi connectivity index (χ4v) is 3.31. The number of methoxy groups -OCH3 is 2. The maximum atomic E-state index is 5.39. The standard InChI is InChI=1S/C14H21NO2S/c1-16-12-6-7-13(17-2)14(9-12)18-10-11-5-3-4-8-15-11/h6-7,9,11,15H,3-5,8,10H2,1-2H3. The van der Waals surface area contributed by atoms with Gasteiger partial charge in [-0.25, -0.2) is 0 Å². The van der Waals surface area contributed by atoms with Crippen molar-refractivity contribution >= 4 is 11.8 Å². The van der Waals surface area contributed by atoms with Gasteiger partial charge in [-0.05, 0) is 37.6 Å². The lowest BCUT2D eigenvalue weighted by atomic mass is 10.1. The van der Waals surface area contributed by atoms with Gasteiger partial charge in [-0.15, -0.1) is 11.8 Å². The van der Waals surface area contributed by atoms with Crippen molar-refractivity contribution < 1.29 is 9.47 Å². The number of piperidine rings is 1. The lowest BCUT2D eigenvalue weighted by Crippen LogP contribution is -2.35. The van der Waals surface area contributed by atoms with Gasteiger partial charge in [-0.2, -0.15) is 0 Å². The molecule has 1 aromatic rings. The summed E-state index contributed by atoms with van der Waals surface area (Å²) in [6.07, 6.45) is 3.93. The van der Waals surface area contributed by atoms with Gasteiger partial charge in [0.2, 0.25) is 0 Å². The lowest BCUT2D eigenvalue weighted by molar-refractivity contribution is 0.394. The van der Waals surface area contributed by atoms with Crippen LogP contribution in [0.1, 0.15) is 19.3 Å². The van der Waals surface area contributed by atoms with Gasteiger partial charge < -0.3 is 14.8 Å². The second-order valence-electron chi connectivity index (χ2n) is 4.47. The maximum absolute atomic E-state index is 5.39. The Morgan fingerprint density at radius 1 is 1.28 bits per heavy atom. The van der Waals surface area contributed by atoms with Crippen molar-refractivity contribution in [1.29, 1.82) is 0 Å². The number of ether oxygens (including phenoxy) is 2. The van der Waals surface area contributed by atoms with E-state index < -0.39 is 0 Å². The Balaban J connectivity index is 1.97. The minimum absolute atomic E-state index is 0.625. The number of thioether (sulfide) groups is 1. The van der Waals surface area contributed by atoms with Crippen molar-refractivity contribution in [2.45, 2.75) is 30.2 Å². The van der Waals surface area contributed by atoms with Crippen molar-refractivity contribution in [2.24, 2.45) is 0 Å². The summed E-state index contributed by atoms with van der Waals surface area (Å²) in [5.41, 5.74) is 0. The third kappa shape index (κ3) is 3.56. The van der Waals surface area contributed by atoms with E-state index in [2.05, 4.69) is 5.32 Å². The average Bonchev–Trinajstić information content (AvgIpc) is 2.45. The van der Waals surface area contributed by atoms with Crippen LogP contribution >= 0.6 is 11.8 Å². The van der Waals surface area contributed by atoms with Crippen molar-refractivity contribution in [1.82, 2.24) is 5.32 Å². The largest absolute Gasteiger partial charge is 0.497 e. The first-order valence-electron chi connectivity index (χ1n) is 6.41. The summed E-state index contributed by atoms with van der Waals surface area (Å²) in [7, 11) is 3.41. The molecule has 1 N–H and O–H groups in total. The molecule has 0 saturated carbocycles. The van der Waals surface area contributed by atoms with Crippen LogP contribution < -0.4 is 14.8 Å². The van der Waals surface area contributed by atoms with Crippen LogP contribution in [0.15, 0.2) is 23.1 Å². The van der Waals surface area contributed by atoms with E-state index in [0.29, 0.717) is 6.04 Å². The number of hydrogen-bond donors (Lipinski definition) is 1. The molecule has 1 atom stereocenters. The first-order valence-corrected chi connectivity index (χ1v) is 7.40. The van der Waals surface area contributed by atoms with Gasteiger partial charge in [-0.1, -0.05) is 6.42 Å². The molecular weight excluding hydrogens is 246 g/mol. The van der Waals surface area contributed by atoms with Gasteiger partial charge in [0.05, 0.1) is 19.1 Å². The molecule has 1 heterocycles. The summed E-state index contributed by atoms with van der Waals surface area (Å²) >= 11 is 1.84. The van der Waals surface area contributed by atoms with E-state index in [1.165, 1.54) is 19.3 Å². The second-order valence-corrected chi connectivity index (χ2v) is 5.54. The molecule has 18 heavy (non-hydrogen) atoms. The number of hydrogen-bond acceptors (Lipinski definition) is 4. The highest BCUT2D eigenvalue weighted by Crippen LogP contribution is 2.33. The Bertz CT molecular complexity index is 378. The van der Waals surface area contributed by atoms with Gasteiger partial charge in [0, 0.05) is 11.8 Å². The summed E-state index contributed by atoms with van der Waals surface area (Å²) < 4.78 is 10.6. The molecule has 0 bridgehead atoms. The minimum atomic E-state index is 0.625. The molecule has 1 saturated heterocycles. The molecule has 0 amide bonds. The summed E-state index contributed by atoms with van der Waals surface area (Å²) in [6.45, 7) is 1.15. The fraction of sp³-hybridized carbons (Fsp3) is 0.571. The molecule has 0 aromatic heterocycles. The Morgan fingerprint density at radius 3 is 2.83 bits per heavy atom. The predicted octanol–water partition coefficient (Wildman–Crippen LogP) is 2.94. The van der Waals surface area contributed by atoms with Crippen molar-refractivity contribution in [3.63, 3.8) is 0 Å². The van der Waals surface area contributed by atoms with Crippen LogP contribution in [0.25, 0.3) is 0 Å². The number of rotatable bonds is 5. The SMILES string of the molecule is COc1ccc(OC)c(SCC2CCCCN2)c1. The quantitative estimate of drug-likeness (QED) is 0.831. The Hall–Kier alpha value is -0.870. The second kappa shape index (κ2) is 6.90. The molecule has 0 spiro atoms. The zero-order chi connectivity index (χ0) is 12.8. The van der Waals surface area contributed by atoms with Crippen molar-refractivity contribution in [3.05, 3.63) is 18.2 Å². The van der Waals surface area contributed by atoms with Gasteiger partial charge in [-0.3, -0.25) is 0 Å². The van der Waals surface area contributed by atoms with Crippen LogP contribution in [0.3, 0.4) is 0 Å². The third-order valence-corrected chi connectivity index (χ3v) is 4.42. The van der Waals surface area contributed by atoms with Gasteiger partial charge in [0.1, 0.15) is 11.5 Å². The van der Waals surface area contributed by atoms with Crippen LogP contribution in [-0.4, -0.2) is 32.6 Å². The van der Waals surface area contributed by atoms with Crippen molar-refractivity contribution in [2.75, 3.05) is 26.5 Å². The summed E-state index contributed by atoms with van der Waals surface area (Å²) in [5, 5.41) is 3.56. The maximum Gasteiger partial charge on any atom is 0.132 e. The number of benzene rings is 1. The highest BCUT2D eigenvalue weighted by molar-refractivity contribution is 7.99. The van der Waals surface area contributed by atoms with E-state index >= 15 is 0 Å². The number of nitrogens with one attached hydrogen (secondary N) is 1. The van der Waals surface area contributed by atoms with E-state index in [4.69, 9.17) is 9.47 Å². The van der Waals surface area contributed by atoms with Gasteiger partial charge in [0.15, 0.2) is 0 Å². The van der Waals surface area contributed by atoms with E-state index in [0.717, 1.165) is 28.7 Å². The van der Waals surface area contributed by atoms with Crippen LogP contribution in [0.2, 0.25) is 0 Å². The average molecular weight is 267 g/mol. The van der Waals surface area contributed by atoms with E-state index in [1.54, 1.807) is 14.2 Å². The summed E-state index contributed by atoms with van der Waals surface area (Å²) in [5.74, 6) is 2.90. The van der Waals surface area contributed by atoms with E-state index in [1.807, 2.05) is 30.0 Å². The predicted molar refractivity (Wildman–Crippen MR) is 75.9 cm³/mol. The Morgan fingerprint density at radius 2 is 2.17 bits per heavy atom. The van der Waals surface area contributed by atoms with E-state index in [-0.39, 0.29) is 0 Å². The Kier molecular flexibility index (Phi) is 5.20. The fourth-order valence-electron chi connectivity index (χ4n) is 2.15. The molecule has 1 fully saturated rings. The molecule has 1 aliphatic heterocycles. The molecule has 1 aliphatic rings. The first-order chi connectivity index (χ1) is 8.83. The smallest absolute Gasteiger partial charge is 0.132 e. The van der Waals surface area contributed by atoms with Crippen LogP contribution in [0.4, 0.5) is 0 Å². The molecule has 3 nitrogen and oxygen atoms in total. The van der Waals surface area contributed by atoms with Crippen LogP contribution in [0.5, 0.6) is 11.5 Å². The molecule has 0 radical (unpaired) electrons. The molecule has 100 valence electrons. The highest BCUT2D eigenvalue weighted by Gasteiger charge is 2.14. The molecule has 2 rings (SSSR count). The monoisotopic (exact) mass is 267 g/mol. The Labute approximate surface area is 113 Å². The normalized spacial score (nSPS) is 19.6.